The van der Waals surface area contributed by atoms with Gasteiger partial charge in [0.05, 0.1) is 6.54 Å². The van der Waals surface area contributed by atoms with Gasteiger partial charge in [0.25, 0.3) is 0 Å². The van der Waals surface area contributed by atoms with Gasteiger partial charge in [0.1, 0.15) is 17.3 Å². The number of guanidine groups is 1. The van der Waals surface area contributed by atoms with E-state index in [2.05, 4.69) is 15.2 Å². The SMILES string of the molecule is CN1CCN=C1NCCc1ccc(Oc2ccc(F)cc2)cc1.I. The Labute approximate surface area is 158 Å². The first-order valence-corrected chi connectivity index (χ1v) is 7.72. The van der Waals surface area contributed by atoms with Crippen molar-refractivity contribution in [3.8, 4) is 11.5 Å². The van der Waals surface area contributed by atoms with Crippen LogP contribution in [0.15, 0.2) is 53.5 Å². The van der Waals surface area contributed by atoms with E-state index in [1.165, 1.54) is 17.7 Å². The van der Waals surface area contributed by atoms with Crippen LogP contribution in [-0.4, -0.2) is 37.5 Å². The van der Waals surface area contributed by atoms with Crippen LogP contribution in [0.3, 0.4) is 0 Å². The van der Waals surface area contributed by atoms with Crippen molar-refractivity contribution in [1.29, 1.82) is 0 Å². The summed E-state index contributed by atoms with van der Waals surface area (Å²) in [7, 11) is 2.04. The first-order valence-electron chi connectivity index (χ1n) is 7.72. The molecule has 1 N–H and O–H groups in total. The first kappa shape index (κ1) is 18.5. The Bertz CT molecular complexity index is 674. The fraction of sp³-hybridized carbons (Fsp3) is 0.278. The molecule has 0 amide bonds. The summed E-state index contributed by atoms with van der Waals surface area (Å²) in [5.41, 5.74) is 1.23. The number of nitrogens with one attached hydrogen (secondary N) is 1. The Balaban J connectivity index is 0.00000208. The van der Waals surface area contributed by atoms with Crippen LogP contribution in [0, 0.1) is 5.82 Å². The quantitative estimate of drug-likeness (QED) is 0.720. The van der Waals surface area contributed by atoms with Crippen LogP contribution in [0.4, 0.5) is 4.39 Å². The lowest BCUT2D eigenvalue weighted by Crippen LogP contribution is -2.36. The maximum atomic E-state index is 12.9. The zero-order valence-corrected chi connectivity index (χ0v) is 15.9. The van der Waals surface area contributed by atoms with Gasteiger partial charge in [-0.05, 0) is 48.4 Å². The molecule has 0 aliphatic carbocycles. The summed E-state index contributed by atoms with van der Waals surface area (Å²) in [4.78, 5) is 6.52. The molecule has 1 aliphatic heterocycles. The maximum Gasteiger partial charge on any atom is 0.193 e. The maximum absolute atomic E-state index is 12.9. The molecule has 0 saturated carbocycles. The number of likely N-dealkylation sites (N-methyl/N-ethyl adjacent to an activating group) is 1. The topological polar surface area (TPSA) is 36.9 Å². The van der Waals surface area contributed by atoms with Crippen LogP contribution in [0.5, 0.6) is 11.5 Å². The van der Waals surface area contributed by atoms with Gasteiger partial charge >= 0.3 is 0 Å². The van der Waals surface area contributed by atoms with E-state index in [0.717, 1.165) is 37.8 Å². The van der Waals surface area contributed by atoms with Gasteiger partial charge in [0.2, 0.25) is 0 Å². The van der Waals surface area contributed by atoms with Crippen molar-refractivity contribution in [1.82, 2.24) is 10.2 Å². The number of aliphatic imine (C=N–C) groups is 1. The molecule has 1 aliphatic rings. The van der Waals surface area contributed by atoms with Crippen LogP contribution in [-0.2, 0) is 6.42 Å². The molecule has 0 fully saturated rings. The molecule has 2 aromatic rings. The Kier molecular flexibility index (Phi) is 6.84. The summed E-state index contributed by atoms with van der Waals surface area (Å²) >= 11 is 0. The molecule has 0 aromatic heterocycles. The molecule has 0 unspecified atom stereocenters. The second-order valence-electron chi connectivity index (χ2n) is 5.50. The molecule has 4 nitrogen and oxygen atoms in total. The fourth-order valence-corrected chi connectivity index (χ4v) is 2.40. The van der Waals surface area contributed by atoms with Crippen molar-refractivity contribution in [2.45, 2.75) is 6.42 Å². The summed E-state index contributed by atoms with van der Waals surface area (Å²) in [6.07, 6.45) is 0.920. The highest BCUT2D eigenvalue weighted by molar-refractivity contribution is 14.0. The number of rotatable bonds is 5. The molecule has 2 aromatic carbocycles. The Morgan fingerprint density at radius 2 is 1.71 bits per heavy atom. The second kappa shape index (κ2) is 8.86. The minimum atomic E-state index is -0.266. The number of halogens is 2. The zero-order chi connectivity index (χ0) is 16.1. The van der Waals surface area contributed by atoms with Gasteiger partial charge in [-0.3, -0.25) is 4.99 Å². The van der Waals surface area contributed by atoms with Crippen LogP contribution in [0.1, 0.15) is 5.56 Å². The highest BCUT2D eigenvalue weighted by Crippen LogP contribution is 2.21. The molecule has 24 heavy (non-hydrogen) atoms. The molecular weight excluding hydrogens is 420 g/mol. The van der Waals surface area contributed by atoms with E-state index >= 15 is 0 Å². The second-order valence-corrected chi connectivity index (χ2v) is 5.50. The summed E-state index contributed by atoms with van der Waals surface area (Å²) in [5, 5.41) is 3.35. The van der Waals surface area contributed by atoms with Gasteiger partial charge in [-0.1, -0.05) is 12.1 Å². The van der Waals surface area contributed by atoms with E-state index in [9.17, 15) is 4.39 Å². The van der Waals surface area contributed by atoms with Gasteiger partial charge in [0, 0.05) is 20.1 Å². The first-order chi connectivity index (χ1) is 11.2. The van der Waals surface area contributed by atoms with Crippen LogP contribution in [0.2, 0.25) is 0 Å². The Hall–Kier alpha value is -1.83. The molecule has 0 radical (unpaired) electrons. The summed E-state index contributed by atoms with van der Waals surface area (Å²) in [6.45, 7) is 2.70. The number of ether oxygens (including phenoxy) is 1. The van der Waals surface area contributed by atoms with Crippen LogP contribution >= 0.6 is 24.0 Å². The standard InChI is InChI=1S/C18H20FN3O.HI/c1-22-13-12-21-18(22)20-11-10-14-2-6-16(7-3-14)23-17-8-4-15(19)5-9-17;/h2-9H,10-13H2,1H3,(H,20,21);1H. The summed E-state index contributed by atoms with van der Waals surface area (Å²) in [6, 6.07) is 13.9. The van der Waals surface area contributed by atoms with Crippen LogP contribution < -0.4 is 10.1 Å². The van der Waals surface area contributed by atoms with Gasteiger partial charge in [-0.15, -0.1) is 24.0 Å². The van der Waals surface area contributed by atoms with Crippen molar-refractivity contribution < 1.29 is 9.13 Å². The molecule has 0 atom stereocenters. The lowest BCUT2D eigenvalue weighted by molar-refractivity contribution is 0.480. The molecule has 0 bridgehead atoms. The minimum Gasteiger partial charge on any atom is -0.457 e. The number of hydrogen-bond donors (Lipinski definition) is 1. The average Bonchev–Trinajstić information content (AvgIpc) is 2.97. The highest BCUT2D eigenvalue weighted by Gasteiger charge is 2.10. The van der Waals surface area contributed by atoms with Crippen molar-refractivity contribution >= 4 is 29.9 Å². The molecule has 1 heterocycles. The number of hydrogen-bond acceptors (Lipinski definition) is 4. The molecular formula is C18H21FIN3O. The van der Waals surface area contributed by atoms with E-state index in [0.29, 0.717) is 5.75 Å². The molecule has 3 rings (SSSR count). The van der Waals surface area contributed by atoms with Gasteiger partial charge in [0.15, 0.2) is 5.96 Å². The molecule has 6 heteroatoms. The third-order valence-electron chi connectivity index (χ3n) is 3.73. The minimum absolute atomic E-state index is 0. The molecule has 0 spiro atoms. The fourth-order valence-electron chi connectivity index (χ4n) is 2.40. The monoisotopic (exact) mass is 441 g/mol. The van der Waals surface area contributed by atoms with E-state index < -0.39 is 0 Å². The normalized spacial score (nSPS) is 13.2. The van der Waals surface area contributed by atoms with E-state index in [1.807, 2.05) is 31.3 Å². The number of benzene rings is 2. The predicted molar refractivity (Wildman–Crippen MR) is 105 cm³/mol. The molecule has 128 valence electrons. The van der Waals surface area contributed by atoms with Gasteiger partial charge in [-0.25, -0.2) is 4.39 Å². The largest absolute Gasteiger partial charge is 0.457 e. The van der Waals surface area contributed by atoms with Gasteiger partial charge < -0.3 is 15.0 Å². The lowest BCUT2D eigenvalue weighted by Gasteiger charge is -2.15. The van der Waals surface area contributed by atoms with E-state index in [4.69, 9.17) is 4.74 Å². The predicted octanol–water partition coefficient (Wildman–Crippen LogP) is 3.67. The number of nitrogens with zero attached hydrogens (tertiary/aromatic N) is 2. The van der Waals surface area contributed by atoms with Crippen molar-refractivity contribution in [2.24, 2.45) is 4.99 Å². The lowest BCUT2D eigenvalue weighted by atomic mass is 10.1. The smallest absolute Gasteiger partial charge is 0.193 e. The average molecular weight is 441 g/mol. The van der Waals surface area contributed by atoms with Crippen LogP contribution in [0.25, 0.3) is 0 Å². The summed E-state index contributed by atoms with van der Waals surface area (Å²) in [5.74, 6) is 2.08. The summed E-state index contributed by atoms with van der Waals surface area (Å²) < 4.78 is 18.5. The molecule has 0 saturated heterocycles. The highest BCUT2D eigenvalue weighted by atomic mass is 127. The van der Waals surface area contributed by atoms with E-state index in [1.54, 1.807) is 12.1 Å². The third kappa shape index (κ3) is 5.09. The Morgan fingerprint density at radius 3 is 2.29 bits per heavy atom. The van der Waals surface area contributed by atoms with E-state index in [-0.39, 0.29) is 29.8 Å². The van der Waals surface area contributed by atoms with Crippen molar-refractivity contribution in [3.63, 3.8) is 0 Å². The van der Waals surface area contributed by atoms with Crippen molar-refractivity contribution in [2.75, 3.05) is 26.7 Å². The third-order valence-corrected chi connectivity index (χ3v) is 3.73. The van der Waals surface area contributed by atoms with Crippen molar-refractivity contribution in [3.05, 3.63) is 59.9 Å². The Morgan fingerprint density at radius 1 is 1.08 bits per heavy atom. The zero-order valence-electron chi connectivity index (χ0n) is 13.5. The van der Waals surface area contributed by atoms with Gasteiger partial charge in [-0.2, -0.15) is 0 Å².